The predicted octanol–water partition coefficient (Wildman–Crippen LogP) is 6.86. The summed E-state index contributed by atoms with van der Waals surface area (Å²) in [4.78, 5) is 27.8. The van der Waals surface area contributed by atoms with Gasteiger partial charge in [-0.3, -0.25) is 9.88 Å². The molecule has 1 aliphatic rings. The second kappa shape index (κ2) is 18.3. The minimum absolute atomic E-state index is 0.163. The van der Waals surface area contributed by atoms with Gasteiger partial charge < -0.3 is 14.6 Å². The molecule has 2 N–H and O–H groups in total. The highest BCUT2D eigenvalue weighted by Crippen LogP contribution is 2.27. The fourth-order valence-electron chi connectivity index (χ4n) is 4.66. The minimum atomic E-state index is -0.878. The van der Waals surface area contributed by atoms with Gasteiger partial charge in [-0.2, -0.15) is 4.98 Å². The van der Waals surface area contributed by atoms with E-state index in [4.69, 9.17) is 9.47 Å². The lowest BCUT2D eigenvalue weighted by Crippen LogP contribution is -2.29. The minimum Gasteiger partial charge on any atom is -0.449 e. The van der Waals surface area contributed by atoms with E-state index < -0.39 is 41.9 Å². The molecule has 212 valence electrons. The maximum absolute atomic E-state index is 14.4. The van der Waals surface area contributed by atoms with Crippen LogP contribution in [0.5, 0.6) is 0 Å². The molecule has 1 amide bonds. The first-order chi connectivity index (χ1) is 17.9. The third-order valence-corrected chi connectivity index (χ3v) is 7.03. The van der Waals surface area contributed by atoms with Crippen LogP contribution < -0.4 is 11.0 Å². The molecule has 0 spiro atoms. The zero-order chi connectivity index (χ0) is 26.9. The largest absolute Gasteiger partial charge is 0.449 e. The van der Waals surface area contributed by atoms with Crippen LogP contribution in [-0.2, 0) is 9.47 Å². The Labute approximate surface area is 221 Å². The number of amides is 1. The van der Waals surface area contributed by atoms with Crippen LogP contribution in [0.1, 0.15) is 129 Å². The van der Waals surface area contributed by atoms with E-state index in [1.54, 1.807) is 6.92 Å². The number of hydrogen-bond donors (Lipinski definition) is 2. The van der Waals surface area contributed by atoms with Crippen LogP contribution in [0.25, 0.3) is 0 Å². The summed E-state index contributed by atoms with van der Waals surface area (Å²) >= 11 is 0. The Kier molecular flexibility index (Phi) is 15.4. The Balaban J connectivity index is 1.46. The molecule has 8 nitrogen and oxygen atoms in total. The standard InChI is InChI=1S/C28H48FN3O5/c1-3-4-5-6-7-8-9-10-11-12-13-14-15-16-17-18-19-36-28(35)31-26-23(29)21-32(27(34)30-26)25-20-24(33)22(2)37-25/h21-22,24-25,33H,3-20H2,1-2H3,(H,30,31,34,35). The van der Waals surface area contributed by atoms with E-state index >= 15 is 0 Å². The molecular formula is C28H48FN3O5. The summed E-state index contributed by atoms with van der Waals surface area (Å²) in [6.45, 7) is 4.16. The van der Waals surface area contributed by atoms with Gasteiger partial charge in [0.1, 0.15) is 6.23 Å². The van der Waals surface area contributed by atoms with Crippen molar-refractivity contribution in [2.75, 3.05) is 11.9 Å². The summed E-state index contributed by atoms with van der Waals surface area (Å²) in [6, 6.07) is 0. The number of halogens is 1. The number of nitrogens with one attached hydrogen (secondary N) is 1. The second-order valence-electron chi connectivity index (χ2n) is 10.3. The highest BCUT2D eigenvalue weighted by molar-refractivity contribution is 5.83. The molecule has 2 rings (SSSR count). The van der Waals surface area contributed by atoms with Gasteiger partial charge in [-0.25, -0.2) is 14.0 Å². The number of aromatic nitrogens is 2. The zero-order valence-corrected chi connectivity index (χ0v) is 22.9. The van der Waals surface area contributed by atoms with Gasteiger partial charge in [0.2, 0.25) is 0 Å². The van der Waals surface area contributed by atoms with Gasteiger partial charge in [0.05, 0.1) is 25.0 Å². The Morgan fingerprint density at radius 2 is 1.54 bits per heavy atom. The molecule has 1 fully saturated rings. The molecular weight excluding hydrogens is 477 g/mol. The van der Waals surface area contributed by atoms with Gasteiger partial charge in [-0.15, -0.1) is 0 Å². The van der Waals surface area contributed by atoms with Gasteiger partial charge in [0, 0.05) is 6.42 Å². The van der Waals surface area contributed by atoms with Gasteiger partial charge in [0.25, 0.3) is 0 Å². The van der Waals surface area contributed by atoms with Crippen LogP contribution in [0.3, 0.4) is 0 Å². The van der Waals surface area contributed by atoms with Gasteiger partial charge in [-0.1, -0.05) is 103 Å². The number of ether oxygens (including phenoxy) is 2. The first kappa shape index (κ1) is 31.2. The quantitative estimate of drug-likeness (QED) is 0.191. The van der Waals surface area contributed by atoms with Crippen LogP contribution in [0.4, 0.5) is 15.0 Å². The molecule has 1 aromatic heterocycles. The van der Waals surface area contributed by atoms with Crippen LogP contribution >= 0.6 is 0 Å². The topological polar surface area (TPSA) is 103 Å². The predicted molar refractivity (Wildman–Crippen MR) is 143 cm³/mol. The maximum atomic E-state index is 14.4. The fourth-order valence-corrected chi connectivity index (χ4v) is 4.66. The van der Waals surface area contributed by atoms with E-state index in [9.17, 15) is 19.1 Å². The normalized spacial score (nSPS) is 19.3. The van der Waals surface area contributed by atoms with Crippen molar-refractivity contribution < 1.29 is 23.8 Å². The molecule has 1 aliphatic heterocycles. The lowest BCUT2D eigenvalue weighted by Gasteiger charge is -2.14. The smallest absolute Gasteiger partial charge is 0.412 e. The Bertz CT molecular complexity index is 825. The molecule has 0 saturated carbocycles. The number of carbonyl (C=O) groups excluding carboxylic acids is 1. The average Bonchev–Trinajstić information content (AvgIpc) is 3.20. The number of anilines is 1. The van der Waals surface area contributed by atoms with E-state index in [1.165, 1.54) is 83.5 Å². The van der Waals surface area contributed by atoms with Gasteiger partial charge in [-0.05, 0) is 13.3 Å². The van der Waals surface area contributed by atoms with Crippen molar-refractivity contribution in [1.29, 1.82) is 0 Å². The van der Waals surface area contributed by atoms with Crippen molar-refractivity contribution in [3.63, 3.8) is 0 Å². The molecule has 9 heteroatoms. The zero-order valence-electron chi connectivity index (χ0n) is 22.9. The van der Waals surface area contributed by atoms with Crippen LogP contribution in [0.15, 0.2) is 11.0 Å². The molecule has 0 radical (unpaired) electrons. The Morgan fingerprint density at radius 3 is 2.03 bits per heavy atom. The van der Waals surface area contributed by atoms with Crippen molar-refractivity contribution in [2.24, 2.45) is 0 Å². The SMILES string of the molecule is CCCCCCCCCCCCCCCCCCOC(=O)Nc1nc(=O)n(C2CC(O)C(C)O2)cc1F. The van der Waals surface area contributed by atoms with Crippen molar-refractivity contribution >= 4 is 11.9 Å². The lowest BCUT2D eigenvalue weighted by atomic mass is 10.0. The van der Waals surface area contributed by atoms with E-state index in [1.807, 2.05) is 0 Å². The van der Waals surface area contributed by atoms with E-state index in [2.05, 4.69) is 17.2 Å². The van der Waals surface area contributed by atoms with Crippen LogP contribution in [0.2, 0.25) is 0 Å². The summed E-state index contributed by atoms with van der Waals surface area (Å²) in [5.41, 5.74) is -0.777. The molecule has 0 bridgehead atoms. The van der Waals surface area contributed by atoms with Crippen molar-refractivity contribution in [3.05, 3.63) is 22.5 Å². The number of unbranched alkanes of at least 4 members (excludes halogenated alkanes) is 15. The van der Waals surface area contributed by atoms with E-state index in [-0.39, 0.29) is 13.0 Å². The van der Waals surface area contributed by atoms with E-state index in [0.717, 1.165) is 30.0 Å². The highest BCUT2D eigenvalue weighted by atomic mass is 19.1. The van der Waals surface area contributed by atoms with Crippen LogP contribution in [0, 0.1) is 5.82 Å². The number of nitrogens with zero attached hydrogens (tertiary/aromatic N) is 2. The van der Waals surface area contributed by atoms with Gasteiger partial charge >= 0.3 is 11.8 Å². The number of aliphatic hydroxyl groups excluding tert-OH is 1. The molecule has 2 heterocycles. The third kappa shape index (κ3) is 12.4. The monoisotopic (exact) mass is 525 g/mol. The number of aliphatic hydroxyl groups is 1. The molecule has 0 aromatic carbocycles. The molecule has 0 aliphatic carbocycles. The van der Waals surface area contributed by atoms with Crippen molar-refractivity contribution in [3.8, 4) is 0 Å². The summed E-state index contributed by atoms with van der Waals surface area (Å²) in [5.74, 6) is -1.36. The fraction of sp³-hybridized carbons (Fsp3) is 0.821. The second-order valence-corrected chi connectivity index (χ2v) is 10.3. The molecule has 37 heavy (non-hydrogen) atoms. The average molecular weight is 526 g/mol. The van der Waals surface area contributed by atoms with Crippen molar-refractivity contribution in [2.45, 2.75) is 141 Å². The summed E-state index contributed by atoms with van der Waals surface area (Å²) in [7, 11) is 0. The summed E-state index contributed by atoms with van der Waals surface area (Å²) in [5, 5.41) is 12.0. The van der Waals surface area contributed by atoms with Gasteiger partial charge in [0.15, 0.2) is 11.6 Å². The molecule has 1 saturated heterocycles. The number of rotatable bonds is 19. The van der Waals surface area contributed by atoms with E-state index in [0.29, 0.717) is 0 Å². The first-order valence-electron chi connectivity index (χ1n) is 14.5. The Morgan fingerprint density at radius 1 is 1.03 bits per heavy atom. The highest BCUT2D eigenvalue weighted by Gasteiger charge is 2.33. The number of hydrogen-bond acceptors (Lipinski definition) is 6. The number of carbonyl (C=O) groups is 1. The van der Waals surface area contributed by atoms with Crippen molar-refractivity contribution in [1.82, 2.24) is 9.55 Å². The third-order valence-electron chi connectivity index (χ3n) is 7.03. The summed E-state index contributed by atoms with van der Waals surface area (Å²) in [6.07, 6.45) is 18.5. The molecule has 3 atom stereocenters. The first-order valence-corrected chi connectivity index (χ1v) is 14.5. The Hall–Kier alpha value is -2.00. The molecule has 1 aromatic rings. The summed E-state index contributed by atoms with van der Waals surface area (Å²) < 4.78 is 25.9. The van der Waals surface area contributed by atoms with Crippen LogP contribution in [-0.4, -0.2) is 39.6 Å². The lowest BCUT2D eigenvalue weighted by molar-refractivity contribution is -0.0104. The maximum Gasteiger partial charge on any atom is 0.412 e. The molecule has 3 unspecified atom stereocenters.